The Morgan fingerprint density at radius 1 is 1.22 bits per heavy atom. The maximum atomic E-state index is 12.8. The molecule has 23 heavy (non-hydrogen) atoms. The van der Waals surface area contributed by atoms with E-state index in [9.17, 15) is 14.7 Å². The molecular formula is C18H22N2O3. The molecule has 5 heteroatoms. The van der Waals surface area contributed by atoms with Gasteiger partial charge in [0.25, 0.3) is 5.91 Å². The van der Waals surface area contributed by atoms with E-state index >= 15 is 0 Å². The van der Waals surface area contributed by atoms with Crippen LogP contribution in [0.25, 0.3) is 10.9 Å². The minimum absolute atomic E-state index is 0.115. The van der Waals surface area contributed by atoms with Gasteiger partial charge in [0.15, 0.2) is 0 Å². The number of carboxylic acid groups (broad SMARTS) is 1. The number of aryl methyl sites for hydroxylation is 2. The highest BCUT2D eigenvalue weighted by Crippen LogP contribution is 2.26. The van der Waals surface area contributed by atoms with Gasteiger partial charge in [-0.15, -0.1) is 0 Å². The molecule has 0 aliphatic carbocycles. The summed E-state index contributed by atoms with van der Waals surface area (Å²) in [4.78, 5) is 28.9. The van der Waals surface area contributed by atoms with Gasteiger partial charge >= 0.3 is 5.97 Å². The molecule has 1 aliphatic rings. The smallest absolute Gasteiger partial charge is 0.308 e. The molecule has 1 aromatic carbocycles. The second-order valence-electron chi connectivity index (χ2n) is 6.81. The fraction of sp³-hybridized carbons (Fsp3) is 0.444. The van der Waals surface area contributed by atoms with Crippen LogP contribution in [0.15, 0.2) is 18.2 Å². The lowest BCUT2D eigenvalue weighted by Crippen LogP contribution is -2.45. The van der Waals surface area contributed by atoms with Crippen molar-refractivity contribution in [2.45, 2.75) is 27.2 Å². The lowest BCUT2D eigenvalue weighted by atomic mass is 9.90. The topological polar surface area (TPSA) is 73.4 Å². The number of aromatic amines is 1. The molecule has 1 fully saturated rings. The van der Waals surface area contributed by atoms with Gasteiger partial charge in [0, 0.05) is 24.0 Å². The number of carboxylic acids is 1. The van der Waals surface area contributed by atoms with Crippen molar-refractivity contribution >= 4 is 22.8 Å². The number of aromatic nitrogens is 1. The summed E-state index contributed by atoms with van der Waals surface area (Å²) in [6, 6.07) is 5.99. The molecule has 122 valence electrons. The monoisotopic (exact) mass is 314 g/mol. The Labute approximate surface area is 135 Å². The molecule has 0 bridgehead atoms. The Kier molecular flexibility index (Phi) is 3.88. The van der Waals surface area contributed by atoms with E-state index in [-0.39, 0.29) is 18.4 Å². The van der Waals surface area contributed by atoms with Crippen molar-refractivity contribution in [2.75, 3.05) is 13.1 Å². The fourth-order valence-corrected chi connectivity index (χ4v) is 3.58. The molecule has 2 heterocycles. The number of amides is 1. The predicted octanol–water partition coefficient (Wildman–Crippen LogP) is 2.97. The number of piperidine rings is 1. The maximum absolute atomic E-state index is 12.8. The zero-order chi connectivity index (χ0) is 16.7. The van der Waals surface area contributed by atoms with Crippen LogP contribution in [0.4, 0.5) is 0 Å². The Balaban J connectivity index is 1.90. The van der Waals surface area contributed by atoms with Crippen LogP contribution in [-0.2, 0) is 4.79 Å². The van der Waals surface area contributed by atoms with Gasteiger partial charge < -0.3 is 15.0 Å². The van der Waals surface area contributed by atoms with Crippen molar-refractivity contribution in [3.63, 3.8) is 0 Å². The SMILES string of the molecule is Cc1cc(C)c2cc(C(=O)N3CC(C)CC(C(=O)O)C3)[nH]c2c1. The normalized spacial score (nSPS) is 21.6. The minimum atomic E-state index is -0.822. The first kappa shape index (κ1) is 15.6. The molecule has 0 spiro atoms. The summed E-state index contributed by atoms with van der Waals surface area (Å²) in [5, 5.41) is 10.3. The second kappa shape index (κ2) is 5.72. The van der Waals surface area contributed by atoms with Crippen molar-refractivity contribution in [3.8, 4) is 0 Å². The number of hydrogen-bond acceptors (Lipinski definition) is 2. The summed E-state index contributed by atoms with van der Waals surface area (Å²) in [6.07, 6.45) is 0.629. The van der Waals surface area contributed by atoms with Crippen LogP contribution in [-0.4, -0.2) is 40.0 Å². The fourth-order valence-electron chi connectivity index (χ4n) is 3.58. The highest BCUT2D eigenvalue weighted by molar-refractivity contribution is 5.99. The highest BCUT2D eigenvalue weighted by Gasteiger charge is 2.32. The molecule has 1 amide bonds. The summed E-state index contributed by atoms with van der Waals surface area (Å²) >= 11 is 0. The molecule has 1 saturated heterocycles. The lowest BCUT2D eigenvalue weighted by molar-refractivity contribution is -0.143. The lowest BCUT2D eigenvalue weighted by Gasteiger charge is -2.34. The number of nitrogens with zero attached hydrogens (tertiary/aromatic N) is 1. The van der Waals surface area contributed by atoms with Crippen molar-refractivity contribution in [1.29, 1.82) is 0 Å². The van der Waals surface area contributed by atoms with Gasteiger partial charge in [-0.3, -0.25) is 9.59 Å². The maximum Gasteiger partial charge on any atom is 0.308 e. The number of carbonyl (C=O) groups excluding carboxylic acids is 1. The number of likely N-dealkylation sites (tertiary alicyclic amines) is 1. The van der Waals surface area contributed by atoms with Gasteiger partial charge in [0.2, 0.25) is 0 Å². The third-order valence-corrected chi connectivity index (χ3v) is 4.62. The molecule has 0 radical (unpaired) electrons. The zero-order valence-electron chi connectivity index (χ0n) is 13.7. The molecule has 5 nitrogen and oxygen atoms in total. The number of nitrogens with one attached hydrogen (secondary N) is 1. The summed E-state index contributed by atoms with van der Waals surface area (Å²) in [5.74, 6) is -1.22. The van der Waals surface area contributed by atoms with E-state index in [1.807, 2.05) is 32.9 Å². The first-order valence-corrected chi connectivity index (χ1v) is 7.97. The number of fused-ring (bicyclic) bond motifs is 1. The minimum Gasteiger partial charge on any atom is -0.481 e. The molecule has 2 aromatic rings. The molecule has 3 rings (SSSR count). The Morgan fingerprint density at radius 3 is 2.65 bits per heavy atom. The van der Waals surface area contributed by atoms with Gasteiger partial charge in [-0.2, -0.15) is 0 Å². The van der Waals surface area contributed by atoms with Crippen LogP contribution in [0.5, 0.6) is 0 Å². The van der Waals surface area contributed by atoms with Gasteiger partial charge in [0.1, 0.15) is 5.69 Å². The summed E-state index contributed by atoms with van der Waals surface area (Å²) in [7, 11) is 0. The third-order valence-electron chi connectivity index (χ3n) is 4.62. The number of carbonyl (C=O) groups is 2. The Morgan fingerprint density at radius 2 is 1.96 bits per heavy atom. The molecule has 2 atom stereocenters. The van der Waals surface area contributed by atoms with Crippen LogP contribution in [0.2, 0.25) is 0 Å². The Bertz CT molecular complexity index is 778. The van der Waals surface area contributed by atoms with E-state index in [0.717, 1.165) is 22.0 Å². The first-order chi connectivity index (χ1) is 10.8. The number of rotatable bonds is 2. The number of hydrogen-bond donors (Lipinski definition) is 2. The third kappa shape index (κ3) is 2.96. The molecule has 1 aliphatic heterocycles. The number of aliphatic carboxylic acids is 1. The van der Waals surface area contributed by atoms with E-state index in [1.165, 1.54) is 0 Å². The van der Waals surface area contributed by atoms with Gasteiger partial charge in [-0.25, -0.2) is 0 Å². The average Bonchev–Trinajstić information content (AvgIpc) is 2.89. The zero-order valence-corrected chi connectivity index (χ0v) is 13.7. The van der Waals surface area contributed by atoms with Crippen molar-refractivity contribution in [1.82, 2.24) is 9.88 Å². The van der Waals surface area contributed by atoms with Crippen LogP contribution in [0, 0.1) is 25.7 Å². The van der Waals surface area contributed by atoms with E-state index < -0.39 is 11.9 Å². The molecule has 2 unspecified atom stereocenters. The summed E-state index contributed by atoms with van der Waals surface area (Å²) in [6.45, 7) is 6.94. The van der Waals surface area contributed by atoms with E-state index in [4.69, 9.17) is 0 Å². The van der Waals surface area contributed by atoms with E-state index in [1.54, 1.807) is 4.90 Å². The quantitative estimate of drug-likeness (QED) is 0.895. The van der Waals surface area contributed by atoms with Gasteiger partial charge in [-0.05, 0) is 49.4 Å². The van der Waals surface area contributed by atoms with Crippen molar-refractivity contribution in [2.24, 2.45) is 11.8 Å². The van der Waals surface area contributed by atoms with E-state index in [2.05, 4.69) is 11.1 Å². The first-order valence-electron chi connectivity index (χ1n) is 7.97. The largest absolute Gasteiger partial charge is 0.481 e. The van der Waals surface area contributed by atoms with Crippen LogP contribution in [0.1, 0.15) is 35.0 Å². The van der Waals surface area contributed by atoms with Gasteiger partial charge in [0.05, 0.1) is 5.92 Å². The van der Waals surface area contributed by atoms with Crippen LogP contribution < -0.4 is 0 Å². The molecule has 2 N–H and O–H groups in total. The van der Waals surface area contributed by atoms with Crippen LogP contribution >= 0.6 is 0 Å². The molecule has 0 saturated carbocycles. The summed E-state index contributed by atoms with van der Waals surface area (Å²) < 4.78 is 0. The molecule has 1 aromatic heterocycles. The predicted molar refractivity (Wildman–Crippen MR) is 88.6 cm³/mol. The molecular weight excluding hydrogens is 292 g/mol. The standard InChI is InChI=1S/C18H22N2O3/c1-10-4-12(3)14-7-16(19-15(14)6-10)17(21)20-8-11(2)5-13(9-20)18(22)23/h4,6-7,11,13,19H,5,8-9H2,1-3H3,(H,22,23). The van der Waals surface area contributed by atoms with Crippen molar-refractivity contribution in [3.05, 3.63) is 35.0 Å². The second-order valence-corrected chi connectivity index (χ2v) is 6.81. The van der Waals surface area contributed by atoms with E-state index in [0.29, 0.717) is 18.7 Å². The number of H-pyrrole nitrogens is 1. The van der Waals surface area contributed by atoms with Gasteiger partial charge in [-0.1, -0.05) is 13.0 Å². The summed E-state index contributed by atoms with van der Waals surface area (Å²) in [5.41, 5.74) is 3.76. The highest BCUT2D eigenvalue weighted by atomic mass is 16.4. The van der Waals surface area contributed by atoms with Crippen LogP contribution in [0.3, 0.4) is 0 Å². The number of benzene rings is 1. The average molecular weight is 314 g/mol. The Hall–Kier alpha value is -2.30. The van der Waals surface area contributed by atoms with Crippen molar-refractivity contribution < 1.29 is 14.7 Å².